The van der Waals surface area contributed by atoms with Crippen LogP contribution in [0.2, 0.25) is 0 Å². The van der Waals surface area contributed by atoms with Crippen molar-refractivity contribution in [2.45, 2.75) is 118 Å². The van der Waals surface area contributed by atoms with E-state index in [4.69, 9.17) is 9.05 Å². The third-order valence-corrected chi connectivity index (χ3v) is 7.73. The van der Waals surface area contributed by atoms with E-state index in [0.29, 0.717) is 0 Å². The normalized spacial score (nSPS) is 13.4. The Balaban J connectivity index is 2.48. The van der Waals surface area contributed by atoms with E-state index in [9.17, 15) is 0 Å². The van der Waals surface area contributed by atoms with Crippen LogP contribution in [0.5, 0.6) is 11.5 Å². The predicted octanol–water partition coefficient (Wildman–Crippen LogP) is 10.1. The van der Waals surface area contributed by atoms with Gasteiger partial charge in [-0.15, -0.1) is 0 Å². The lowest BCUT2D eigenvalue weighted by Crippen LogP contribution is -2.18. The van der Waals surface area contributed by atoms with Crippen molar-refractivity contribution in [1.82, 2.24) is 0 Å². The van der Waals surface area contributed by atoms with Crippen molar-refractivity contribution in [3.8, 4) is 11.5 Å². The van der Waals surface area contributed by atoms with Crippen LogP contribution in [0.3, 0.4) is 0 Å². The van der Waals surface area contributed by atoms with Crippen molar-refractivity contribution in [2.24, 2.45) is 0 Å². The van der Waals surface area contributed by atoms with Crippen LogP contribution in [0, 0.1) is 0 Å². The van der Waals surface area contributed by atoms with Gasteiger partial charge in [-0.05, 0) is 51.3 Å². The molecule has 0 aliphatic heterocycles. The molecule has 2 rings (SSSR count). The summed E-state index contributed by atoms with van der Waals surface area (Å²) in [5.41, 5.74) is 5.30. The molecule has 2 aromatic carbocycles. The van der Waals surface area contributed by atoms with Crippen LogP contribution in [0.15, 0.2) is 36.4 Å². The fourth-order valence-electron chi connectivity index (χ4n) is 3.84. The fourth-order valence-corrected chi connectivity index (χ4v) is 5.18. The lowest BCUT2D eigenvalue weighted by molar-refractivity contribution is 0.457. The molecule has 0 N–H and O–H groups in total. The fraction of sp³-hybridized carbons (Fsp3) is 0.613. The Morgan fingerprint density at radius 3 is 1.18 bits per heavy atom. The summed E-state index contributed by atoms with van der Waals surface area (Å²) in [5, 5.41) is 0. The van der Waals surface area contributed by atoms with E-state index in [2.05, 4.69) is 126 Å². The summed E-state index contributed by atoms with van der Waals surface area (Å²) in [6.45, 7) is 29.3. The average Bonchev–Trinajstić information content (AvgIpc) is 2.65. The molecule has 0 amide bonds. The molecule has 0 bridgehead atoms. The largest absolute Gasteiger partial charge is 0.438 e. The van der Waals surface area contributed by atoms with Gasteiger partial charge in [0.1, 0.15) is 11.5 Å². The van der Waals surface area contributed by atoms with Crippen LogP contribution in [-0.4, -0.2) is 6.16 Å². The van der Waals surface area contributed by atoms with Crippen molar-refractivity contribution >= 4 is 8.38 Å². The molecular formula is C31H49O2P. The molecule has 2 aromatic rings. The molecule has 0 spiro atoms. The summed E-state index contributed by atoms with van der Waals surface area (Å²) in [5.74, 6) is 1.90. The minimum absolute atomic E-state index is 0.0191. The first-order valence-electron chi connectivity index (χ1n) is 12.8. The predicted molar refractivity (Wildman–Crippen MR) is 151 cm³/mol. The van der Waals surface area contributed by atoms with Gasteiger partial charge in [-0.1, -0.05) is 114 Å². The first-order valence-corrected chi connectivity index (χ1v) is 14.1. The zero-order valence-electron chi connectivity index (χ0n) is 24.1. The minimum atomic E-state index is -1.12. The maximum atomic E-state index is 6.69. The molecule has 34 heavy (non-hydrogen) atoms. The van der Waals surface area contributed by atoms with Crippen LogP contribution in [0.25, 0.3) is 0 Å². The molecule has 2 nitrogen and oxygen atoms in total. The summed E-state index contributed by atoms with van der Waals surface area (Å²) in [4.78, 5) is 0. The number of rotatable bonds is 6. The summed E-state index contributed by atoms with van der Waals surface area (Å²) in [7, 11) is -1.12. The van der Waals surface area contributed by atoms with Crippen LogP contribution in [-0.2, 0) is 21.7 Å². The van der Waals surface area contributed by atoms with Crippen LogP contribution >= 0.6 is 8.38 Å². The molecule has 0 aliphatic rings. The molecule has 0 heterocycles. The third-order valence-electron chi connectivity index (χ3n) is 6.11. The van der Waals surface area contributed by atoms with Crippen molar-refractivity contribution in [1.29, 1.82) is 0 Å². The second kappa shape index (κ2) is 10.2. The van der Waals surface area contributed by atoms with Gasteiger partial charge in [0.25, 0.3) is 8.38 Å². The lowest BCUT2D eigenvalue weighted by atomic mass is 9.80. The Kier molecular flexibility index (Phi) is 8.63. The molecule has 0 fully saturated rings. The van der Waals surface area contributed by atoms with E-state index in [-0.39, 0.29) is 21.7 Å². The van der Waals surface area contributed by atoms with Crippen LogP contribution in [0.1, 0.15) is 119 Å². The monoisotopic (exact) mass is 484 g/mol. The summed E-state index contributed by atoms with van der Waals surface area (Å²) >= 11 is 0. The van der Waals surface area contributed by atoms with Crippen LogP contribution in [0.4, 0.5) is 0 Å². The van der Waals surface area contributed by atoms with E-state index in [1.807, 2.05) is 0 Å². The topological polar surface area (TPSA) is 18.5 Å². The molecule has 0 radical (unpaired) electrons. The van der Waals surface area contributed by atoms with Gasteiger partial charge in [0, 0.05) is 17.3 Å². The van der Waals surface area contributed by atoms with Gasteiger partial charge in [-0.25, -0.2) is 0 Å². The minimum Gasteiger partial charge on any atom is -0.438 e. The molecule has 0 unspecified atom stereocenters. The molecule has 0 aromatic heterocycles. The van der Waals surface area contributed by atoms with Crippen molar-refractivity contribution in [3.63, 3.8) is 0 Å². The van der Waals surface area contributed by atoms with Gasteiger partial charge in [-0.3, -0.25) is 0 Å². The molecule has 3 heteroatoms. The Morgan fingerprint density at radius 2 is 0.912 bits per heavy atom. The number of hydrogen-bond acceptors (Lipinski definition) is 2. The molecule has 0 saturated carbocycles. The number of hydrogen-bond donors (Lipinski definition) is 0. The van der Waals surface area contributed by atoms with Crippen LogP contribution < -0.4 is 9.05 Å². The summed E-state index contributed by atoms with van der Waals surface area (Å²) in [6.07, 6.45) is 1.91. The van der Waals surface area contributed by atoms with E-state index in [1.165, 1.54) is 22.3 Å². The summed E-state index contributed by atoms with van der Waals surface area (Å²) < 4.78 is 13.4. The average molecular weight is 485 g/mol. The van der Waals surface area contributed by atoms with Crippen molar-refractivity contribution < 1.29 is 9.05 Å². The quantitative estimate of drug-likeness (QED) is 0.380. The highest BCUT2D eigenvalue weighted by Crippen LogP contribution is 2.47. The Labute approximate surface area is 211 Å². The molecule has 0 atom stereocenters. The second-order valence-corrected chi connectivity index (χ2v) is 15.1. The first-order chi connectivity index (χ1) is 15.3. The molecule has 0 saturated heterocycles. The van der Waals surface area contributed by atoms with Gasteiger partial charge < -0.3 is 9.05 Å². The Hall–Kier alpha value is -1.53. The molecule has 190 valence electrons. The second-order valence-electron chi connectivity index (χ2n) is 13.7. The Morgan fingerprint density at radius 1 is 0.559 bits per heavy atom. The van der Waals surface area contributed by atoms with Crippen molar-refractivity contribution in [2.75, 3.05) is 6.16 Å². The van der Waals surface area contributed by atoms with Gasteiger partial charge in [0.2, 0.25) is 0 Å². The highest BCUT2D eigenvalue weighted by molar-refractivity contribution is 7.48. The van der Waals surface area contributed by atoms with E-state index in [1.54, 1.807) is 0 Å². The zero-order valence-corrected chi connectivity index (χ0v) is 25.0. The van der Waals surface area contributed by atoms with E-state index < -0.39 is 8.38 Å². The third kappa shape index (κ3) is 7.48. The summed E-state index contributed by atoms with van der Waals surface area (Å²) in [6, 6.07) is 13.4. The van der Waals surface area contributed by atoms with Gasteiger partial charge in [0.15, 0.2) is 0 Å². The first kappa shape index (κ1) is 28.7. The highest BCUT2D eigenvalue weighted by Gasteiger charge is 2.28. The maximum absolute atomic E-state index is 6.69. The number of benzene rings is 2. The maximum Gasteiger partial charge on any atom is 0.290 e. The highest BCUT2D eigenvalue weighted by atomic mass is 31.2. The van der Waals surface area contributed by atoms with E-state index >= 15 is 0 Å². The van der Waals surface area contributed by atoms with Gasteiger partial charge in [-0.2, -0.15) is 0 Å². The molecule has 0 aliphatic carbocycles. The molecular weight excluding hydrogens is 435 g/mol. The zero-order chi connectivity index (χ0) is 26.1. The van der Waals surface area contributed by atoms with Gasteiger partial charge in [0.05, 0.1) is 0 Å². The standard InChI is InChI=1S/C31H49O2P/c1-14-19-34(32-26-17-15-22(28(2,3)4)20-24(26)30(8,9)10)33-27-18-16-23(29(5,6)7)21-25(27)31(11,12)13/h15-18,20-21H,14,19H2,1-13H3. The van der Waals surface area contributed by atoms with Gasteiger partial charge >= 0.3 is 0 Å². The SMILES string of the molecule is CCCP(Oc1ccc(C(C)(C)C)cc1C(C)(C)C)Oc1ccc(C(C)(C)C)cc1C(C)(C)C. The van der Waals surface area contributed by atoms with E-state index in [0.717, 1.165) is 24.1 Å². The Bertz CT molecular complexity index is 885. The lowest BCUT2D eigenvalue weighted by Gasteiger charge is -2.30. The smallest absolute Gasteiger partial charge is 0.290 e. The van der Waals surface area contributed by atoms with Crippen molar-refractivity contribution in [3.05, 3.63) is 58.7 Å².